The molecular formula is C17H18F2N2O. The van der Waals surface area contributed by atoms with Crippen LogP contribution in [0.15, 0.2) is 48.5 Å². The first-order valence-corrected chi connectivity index (χ1v) is 6.97. The molecule has 2 aromatic carbocycles. The van der Waals surface area contributed by atoms with Crippen LogP contribution in [0.1, 0.15) is 12.5 Å². The van der Waals surface area contributed by atoms with Crippen molar-refractivity contribution in [1.82, 2.24) is 4.90 Å². The number of amides is 1. The van der Waals surface area contributed by atoms with Gasteiger partial charge in [-0.2, -0.15) is 0 Å². The molecule has 1 amide bonds. The molecule has 0 spiro atoms. The first-order valence-electron chi connectivity index (χ1n) is 6.97. The van der Waals surface area contributed by atoms with Gasteiger partial charge in [-0.1, -0.05) is 12.1 Å². The molecule has 0 bridgehead atoms. The van der Waals surface area contributed by atoms with Crippen LogP contribution in [0.5, 0.6) is 0 Å². The van der Waals surface area contributed by atoms with Gasteiger partial charge in [0, 0.05) is 12.2 Å². The summed E-state index contributed by atoms with van der Waals surface area (Å²) >= 11 is 0. The Balaban J connectivity index is 1.95. The van der Waals surface area contributed by atoms with Crippen LogP contribution in [0.2, 0.25) is 0 Å². The standard InChI is InChI=1S/C17H18F2N2O/c1-12(17(22)20-16-8-6-14(18)7-9-16)21(2)11-13-4-3-5-15(19)10-13/h3-10,12H,11H2,1-2H3,(H,20,22)/t12-/m1/s1. The van der Waals surface area contributed by atoms with E-state index in [0.29, 0.717) is 12.2 Å². The number of likely N-dealkylation sites (N-methyl/N-ethyl adjacent to an activating group) is 1. The molecule has 0 aliphatic heterocycles. The van der Waals surface area contributed by atoms with E-state index in [9.17, 15) is 13.6 Å². The number of anilines is 1. The molecule has 2 rings (SSSR count). The Morgan fingerprint density at radius 2 is 1.82 bits per heavy atom. The molecule has 5 heteroatoms. The molecule has 0 saturated heterocycles. The fourth-order valence-corrected chi connectivity index (χ4v) is 2.04. The lowest BCUT2D eigenvalue weighted by Gasteiger charge is -2.24. The van der Waals surface area contributed by atoms with Crippen LogP contribution in [0.25, 0.3) is 0 Å². The van der Waals surface area contributed by atoms with Crippen LogP contribution in [-0.4, -0.2) is 23.9 Å². The van der Waals surface area contributed by atoms with E-state index in [1.165, 1.54) is 36.4 Å². The normalized spacial score (nSPS) is 12.2. The van der Waals surface area contributed by atoms with E-state index >= 15 is 0 Å². The molecule has 0 radical (unpaired) electrons. The summed E-state index contributed by atoms with van der Waals surface area (Å²) in [4.78, 5) is 14.0. The summed E-state index contributed by atoms with van der Waals surface area (Å²) in [6.45, 7) is 2.22. The molecule has 0 fully saturated rings. The van der Waals surface area contributed by atoms with Gasteiger partial charge in [0.15, 0.2) is 0 Å². The number of halogens is 2. The van der Waals surface area contributed by atoms with Crippen LogP contribution < -0.4 is 5.32 Å². The zero-order valence-electron chi connectivity index (χ0n) is 12.5. The van der Waals surface area contributed by atoms with Crippen molar-refractivity contribution < 1.29 is 13.6 Å². The highest BCUT2D eigenvalue weighted by Gasteiger charge is 2.18. The molecule has 0 unspecified atom stereocenters. The van der Waals surface area contributed by atoms with Gasteiger partial charge in [-0.05, 0) is 55.9 Å². The molecular weight excluding hydrogens is 286 g/mol. The third-order valence-corrected chi connectivity index (χ3v) is 3.47. The van der Waals surface area contributed by atoms with Gasteiger partial charge in [-0.15, -0.1) is 0 Å². The summed E-state index contributed by atoms with van der Waals surface area (Å²) in [5.74, 6) is -0.853. The zero-order valence-corrected chi connectivity index (χ0v) is 12.5. The lowest BCUT2D eigenvalue weighted by Crippen LogP contribution is -2.39. The molecule has 0 aliphatic carbocycles. The predicted octanol–water partition coefficient (Wildman–Crippen LogP) is 3.42. The number of carbonyl (C=O) groups excluding carboxylic acids is 1. The first kappa shape index (κ1) is 16.1. The second-order valence-corrected chi connectivity index (χ2v) is 5.22. The van der Waals surface area contributed by atoms with Crippen LogP contribution in [0, 0.1) is 11.6 Å². The number of hydrogen-bond acceptors (Lipinski definition) is 2. The maximum absolute atomic E-state index is 13.2. The highest BCUT2D eigenvalue weighted by Crippen LogP contribution is 2.12. The number of nitrogens with one attached hydrogen (secondary N) is 1. The number of benzene rings is 2. The number of hydrogen-bond donors (Lipinski definition) is 1. The van der Waals surface area contributed by atoms with E-state index in [0.717, 1.165) is 5.56 Å². The Morgan fingerprint density at radius 1 is 1.14 bits per heavy atom. The van der Waals surface area contributed by atoms with E-state index in [1.54, 1.807) is 20.0 Å². The molecule has 0 aliphatic rings. The highest BCUT2D eigenvalue weighted by atomic mass is 19.1. The van der Waals surface area contributed by atoms with E-state index in [-0.39, 0.29) is 17.5 Å². The van der Waals surface area contributed by atoms with Gasteiger partial charge in [-0.25, -0.2) is 8.78 Å². The van der Waals surface area contributed by atoms with Gasteiger partial charge >= 0.3 is 0 Å². The van der Waals surface area contributed by atoms with Gasteiger partial charge in [0.25, 0.3) is 0 Å². The average molecular weight is 304 g/mol. The Kier molecular flexibility index (Phi) is 5.22. The monoisotopic (exact) mass is 304 g/mol. The molecule has 0 aromatic heterocycles. The highest BCUT2D eigenvalue weighted by molar-refractivity contribution is 5.94. The summed E-state index contributed by atoms with van der Waals surface area (Å²) in [6, 6.07) is 11.5. The third kappa shape index (κ3) is 4.36. The topological polar surface area (TPSA) is 32.3 Å². The van der Waals surface area contributed by atoms with E-state index < -0.39 is 6.04 Å². The van der Waals surface area contributed by atoms with Gasteiger partial charge in [0.2, 0.25) is 5.91 Å². The summed E-state index contributed by atoms with van der Waals surface area (Å²) in [5.41, 5.74) is 1.33. The van der Waals surface area contributed by atoms with E-state index in [1.807, 2.05) is 11.0 Å². The van der Waals surface area contributed by atoms with Crippen molar-refractivity contribution in [2.75, 3.05) is 12.4 Å². The molecule has 2 aromatic rings. The Morgan fingerprint density at radius 3 is 2.45 bits per heavy atom. The Bertz CT molecular complexity index is 643. The molecule has 1 N–H and O–H groups in total. The summed E-state index contributed by atoms with van der Waals surface area (Å²) in [6.07, 6.45) is 0. The second kappa shape index (κ2) is 7.13. The second-order valence-electron chi connectivity index (χ2n) is 5.22. The van der Waals surface area contributed by atoms with Gasteiger partial charge < -0.3 is 5.32 Å². The quantitative estimate of drug-likeness (QED) is 0.918. The van der Waals surface area contributed by atoms with Crippen LogP contribution in [-0.2, 0) is 11.3 Å². The van der Waals surface area contributed by atoms with E-state index in [2.05, 4.69) is 5.32 Å². The number of carbonyl (C=O) groups is 1. The van der Waals surface area contributed by atoms with Gasteiger partial charge in [0.05, 0.1) is 6.04 Å². The van der Waals surface area contributed by atoms with E-state index in [4.69, 9.17) is 0 Å². The minimum atomic E-state index is -0.409. The van der Waals surface area contributed by atoms with Crippen molar-refractivity contribution in [2.24, 2.45) is 0 Å². The number of rotatable bonds is 5. The van der Waals surface area contributed by atoms with Crippen molar-refractivity contribution in [2.45, 2.75) is 19.5 Å². The smallest absolute Gasteiger partial charge is 0.241 e. The summed E-state index contributed by atoms with van der Waals surface area (Å²) in [7, 11) is 1.79. The summed E-state index contributed by atoms with van der Waals surface area (Å²) < 4.78 is 26.0. The molecule has 1 atom stereocenters. The maximum Gasteiger partial charge on any atom is 0.241 e. The maximum atomic E-state index is 13.2. The van der Waals surface area contributed by atoms with Crippen molar-refractivity contribution in [3.63, 3.8) is 0 Å². The zero-order chi connectivity index (χ0) is 16.1. The lowest BCUT2D eigenvalue weighted by atomic mass is 10.2. The minimum absolute atomic E-state index is 0.203. The molecule has 0 saturated carbocycles. The average Bonchev–Trinajstić information content (AvgIpc) is 2.48. The fourth-order valence-electron chi connectivity index (χ4n) is 2.04. The third-order valence-electron chi connectivity index (χ3n) is 3.47. The molecule has 0 heterocycles. The van der Waals surface area contributed by atoms with Crippen molar-refractivity contribution >= 4 is 11.6 Å². The minimum Gasteiger partial charge on any atom is -0.325 e. The predicted molar refractivity (Wildman–Crippen MR) is 82.4 cm³/mol. The molecule has 116 valence electrons. The van der Waals surface area contributed by atoms with Gasteiger partial charge in [0.1, 0.15) is 11.6 Å². The largest absolute Gasteiger partial charge is 0.325 e. The SMILES string of the molecule is C[C@H](C(=O)Nc1ccc(F)cc1)N(C)Cc1cccc(F)c1. The fraction of sp³-hybridized carbons (Fsp3) is 0.235. The van der Waals surface area contributed by atoms with Crippen LogP contribution in [0.3, 0.4) is 0 Å². The van der Waals surface area contributed by atoms with Crippen molar-refractivity contribution in [1.29, 1.82) is 0 Å². The van der Waals surface area contributed by atoms with Crippen LogP contribution >= 0.6 is 0 Å². The summed E-state index contributed by atoms with van der Waals surface area (Å²) in [5, 5.41) is 2.73. The molecule has 22 heavy (non-hydrogen) atoms. The number of nitrogens with zero attached hydrogens (tertiary/aromatic N) is 1. The van der Waals surface area contributed by atoms with Crippen molar-refractivity contribution in [3.05, 3.63) is 65.7 Å². The molecule has 3 nitrogen and oxygen atoms in total. The van der Waals surface area contributed by atoms with Gasteiger partial charge in [-0.3, -0.25) is 9.69 Å². The van der Waals surface area contributed by atoms with Crippen molar-refractivity contribution in [3.8, 4) is 0 Å². The lowest BCUT2D eigenvalue weighted by molar-refractivity contribution is -0.120. The first-order chi connectivity index (χ1) is 10.5. The Labute approximate surface area is 128 Å². The van der Waals surface area contributed by atoms with Crippen LogP contribution in [0.4, 0.5) is 14.5 Å². The Hall–Kier alpha value is -2.27.